The van der Waals surface area contributed by atoms with Crippen molar-refractivity contribution in [2.45, 2.75) is 61.7 Å². The predicted molar refractivity (Wildman–Crippen MR) is 86.1 cm³/mol. The highest BCUT2D eigenvalue weighted by molar-refractivity contribution is 5.89. The van der Waals surface area contributed by atoms with Crippen molar-refractivity contribution in [3.05, 3.63) is 11.8 Å². The number of aliphatic hydroxyl groups is 5. The molecule has 0 unspecified atom stereocenters. The third-order valence-electron chi connectivity index (χ3n) is 6.04. The van der Waals surface area contributed by atoms with Crippen molar-refractivity contribution in [3.8, 4) is 0 Å². The number of carbonyl (C=O) groups excluding carboxylic acids is 1. The van der Waals surface area contributed by atoms with Crippen LogP contribution in [0.4, 0.5) is 0 Å². The van der Waals surface area contributed by atoms with E-state index in [1.807, 2.05) is 0 Å². The number of hydrogen-bond acceptors (Lipinski definition) is 11. The van der Waals surface area contributed by atoms with Gasteiger partial charge in [-0.15, -0.1) is 0 Å². The van der Waals surface area contributed by atoms with Gasteiger partial charge < -0.3 is 49.2 Å². The third kappa shape index (κ3) is 2.85. The molecule has 0 aromatic heterocycles. The van der Waals surface area contributed by atoms with Crippen molar-refractivity contribution < 1.29 is 54.0 Å². The number of carbonyl (C=O) groups is 1. The minimum absolute atomic E-state index is 0.200. The number of methoxy groups -OCH3 is 1. The maximum atomic E-state index is 12.1. The van der Waals surface area contributed by atoms with Crippen molar-refractivity contribution >= 4 is 5.97 Å². The molecule has 2 saturated heterocycles. The number of aliphatic hydroxyl groups excluding tert-OH is 4. The van der Waals surface area contributed by atoms with Crippen LogP contribution in [0.5, 0.6) is 0 Å². The molecule has 4 aliphatic rings. The Morgan fingerprint density at radius 2 is 1.89 bits per heavy atom. The summed E-state index contributed by atoms with van der Waals surface area (Å²) < 4.78 is 26.8. The number of fused-ring (bicyclic) bond motifs is 3. The number of ether oxygens (including phenoxy) is 5. The van der Waals surface area contributed by atoms with Crippen LogP contribution in [0.3, 0.4) is 0 Å². The van der Waals surface area contributed by atoms with Crippen molar-refractivity contribution in [1.82, 2.24) is 0 Å². The minimum Gasteiger partial charge on any atom is -0.471 e. The van der Waals surface area contributed by atoms with Gasteiger partial charge >= 0.3 is 5.97 Å². The lowest BCUT2D eigenvalue weighted by Gasteiger charge is -2.44. The molecule has 5 N–H and O–H groups in total. The Balaban J connectivity index is 1.58. The smallest absolute Gasteiger partial charge is 0.337 e. The van der Waals surface area contributed by atoms with Gasteiger partial charge in [-0.2, -0.15) is 0 Å². The Bertz CT molecular complexity index is 661. The van der Waals surface area contributed by atoms with Crippen molar-refractivity contribution in [2.24, 2.45) is 11.8 Å². The van der Waals surface area contributed by atoms with Crippen LogP contribution >= 0.6 is 0 Å². The lowest BCUT2D eigenvalue weighted by atomic mass is 9.80. The van der Waals surface area contributed by atoms with E-state index in [1.54, 1.807) is 0 Å². The van der Waals surface area contributed by atoms with Crippen LogP contribution in [-0.4, -0.2) is 100 Å². The Hall–Kier alpha value is -1.31. The molecule has 0 aromatic rings. The van der Waals surface area contributed by atoms with Crippen LogP contribution in [0.2, 0.25) is 0 Å². The second-order valence-corrected chi connectivity index (χ2v) is 7.70. The lowest BCUT2D eigenvalue weighted by Crippen LogP contribution is -2.61. The first-order chi connectivity index (χ1) is 13.2. The van der Waals surface area contributed by atoms with E-state index in [9.17, 15) is 30.3 Å². The fraction of sp³-hybridized carbons (Fsp3) is 0.824. The van der Waals surface area contributed by atoms with Crippen LogP contribution in [0.1, 0.15) is 6.92 Å². The molecule has 28 heavy (non-hydrogen) atoms. The Morgan fingerprint density at radius 3 is 2.54 bits per heavy atom. The SMILES string of the molecule is COC(=O)C1=CO[C@H](O[C@@H]2O[C@H](CO)[C@@H](O)[C@H](O)[C@H]2O)[C@H]2[C@@H]1[C@H]1O[C@H]1[C@@]2(C)O. The molecule has 3 aliphatic heterocycles. The molecule has 3 heterocycles. The van der Waals surface area contributed by atoms with E-state index in [-0.39, 0.29) is 5.57 Å². The van der Waals surface area contributed by atoms with Crippen LogP contribution in [0.25, 0.3) is 0 Å². The van der Waals surface area contributed by atoms with Crippen molar-refractivity contribution in [1.29, 1.82) is 0 Å². The topological polar surface area (TPSA) is 168 Å². The molecule has 158 valence electrons. The van der Waals surface area contributed by atoms with Gasteiger partial charge in [0.25, 0.3) is 0 Å². The first-order valence-corrected chi connectivity index (χ1v) is 9.00. The average Bonchev–Trinajstić information content (AvgIpc) is 3.44. The number of epoxide rings is 1. The normalized spacial score (nSPS) is 52.2. The van der Waals surface area contributed by atoms with Gasteiger partial charge in [-0.3, -0.25) is 0 Å². The molecular weight excluding hydrogens is 380 g/mol. The van der Waals surface area contributed by atoms with Crippen molar-refractivity contribution in [3.63, 3.8) is 0 Å². The summed E-state index contributed by atoms with van der Waals surface area (Å²) in [7, 11) is 1.23. The molecule has 11 heteroatoms. The highest BCUT2D eigenvalue weighted by Gasteiger charge is 2.73. The van der Waals surface area contributed by atoms with E-state index < -0.39 is 79.2 Å². The second kappa shape index (κ2) is 6.89. The van der Waals surface area contributed by atoms with Gasteiger partial charge in [-0.05, 0) is 6.92 Å². The lowest BCUT2D eigenvalue weighted by molar-refractivity contribution is -0.348. The second-order valence-electron chi connectivity index (χ2n) is 7.70. The number of hydrogen-bond donors (Lipinski definition) is 5. The maximum absolute atomic E-state index is 12.1. The molecule has 1 aliphatic carbocycles. The highest BCUT2D eigenvalue weighted by Crippen LogP contribution is 2.58. The Kier molecular flexibility index (Phi) is 4.91. The summed E-state index contributed by atoms with van der Waals surface area (Å²) in [5.74, 6) is -1.92. The molecule has 0 bridgehead atoms. The maximum Gasteiger partial charge on any atom is 0.337 e. The molecule has 0 aromatic carbocycles. The molecule has 11 nitrogen and oxygen atoms in total. The van der Waals surface area contributed by atoms with Crippen LogP contribution in [0, 0.1) is 11.8 Å². The molecule has 3 fully saturated rings. The summed E-state index contributed by atoms with van der Waals surface area (Å²) in [6.07, 6.45) is -8.25. The summed E-state index contributed by atoms with van der Waals surface area (Å²) >= 11 is 0. The van der Waals surface area contributed by atoms with Gasteiger partial charge in [0.1, 0.15) is 36.1 Å². The summed E-state index contributed by atoms with van der Waals surface area (Å²) in [4.78, 5) is 12.1. The summed E-state index contributed by atoms with van der Waals surface area (Å²) in [5.41, 5.74) is -1.20. The fourth-order valence-corrected chi connectivity index (χ4v) is 4.47. The van der Waals surface area contributed by atoms with Gasteiger partial charge in [-0.25, -0.2) is 4.79 Å². The molecular formula is C17H24O11. The molecule has 0 amide bonds. The zero-order chi connectivity index (χ0) is 20.4. The van der Waals surface area contributed by atoms with Gasteiger partial charge in [0.15, 0.2) is 6.29 Å². The van der Waals surface area contributed by atoms with Crippen LogP contribution in [-0.2, 0) is 28.5 Å². The van der Waals surface area contributed by atoms with E-state index in [0.29, 0.717) is 0 Å². The zero-order valence-corrected chi connectivity index (χ0v) is 15.2. The largest absolute Gasteiger partial charge is 0.471 e. The minimum atomic E-state index is -1.62. The van der Waals surface area contributed by atoms with E-state index in [4.69, 9.17) is 23.7 Å². The first kappa shape index (κ1) is 20.0. The van der Waals surface area contributed by atoms with Gasteiger partial charge in [0.05, 0.1) is 37.6 Å². The van der Waals surface area contributed by atoms with Gasteiger partial charge in [-0.1, -0.05) is 0 Å². The number of esters is 1. The monoisotopic (exact) mass is 404 g/mol. The van der Waals surface area contributed by atoms with E-state index in [1.165, 1.54) is 20.3 Å². The van der Waals surface area contributed by atoms with Crippen molar-refractivity contribution in [2.75, 3.05) is 13.7 Å². The Labute approximate surface area is 160 Å². The first-order valence-electron chi connectivity index (χ1n) is 9.00. The summed E-state index contributed by atoms with van der Waals surface area (Å²) in [6, 6.07) is 0. The van der Waals surface area contributed by atoms with Crippen LogP contribution in [0.15, 0.2) is 11.8 Å². The van der Waals surface area contributed by atoms with E-state index in [0.717, 1.165) is 0 Å². The standard InChI is InChI=1S/C17H24O11/c1-17(23)8-7(12-13(17)27-12)5(14(22)24-2)4-25-15(8)28-16-11(21)10(20)9(19)6(3-18)26-16/h4,6-13,15-16,18-21,23H,3H2,1-2H3/t6-,7-,8-,9-,10+,11-,12-,13-,15-,16+,17+/m1/s1. The zero-order valence-electron chi connectivity index (χ0n) is 15.2. The molecule has 1 saturated carbocycles. The predicted octanol–water partition coefficient (Wildman–Crippen LogP) is -3.02. The third-order valence-corrected chi connectivity index (χ3v) is 6.04. The molecule has 4 rings (SSSR count). The fourth-order valence-electron chi connectivity index (χ4n) is 4.47. The number of rotatable bonds is 4. The van der Waals surface area contributed by atoms with Crippen LogP contribution < -0.4 is 0 Å². The highest BCUT2D eigenvalue weighted by atomic mass is 16.8. The van der Waals surface area contributed by atoms with Gasteiger partial charge in [0.2, 0.25) is 6.29 Å². The summed E-state index contributed by atoms with van der Waals surface area (Å²) in [5, 5.41) is 50.2. The molecule has 0 radical (unpaired) electrons. The molecule has 11 atom stereocenters. The van der Waals surface area contributed by atoms with Gasteiger partial charge in [0, 0.05) is 5.92 Å². The van der Waals surface area contributed by atoms with E-state index >= 15 is 0 Å². The Morgan fingerprint density at radius 1 is 1.18 bits per heavy atom. The summed E-state index contributed by atoms with van der Waals surface area (Å²) in [6.45, 7) is 0.931. The quantitative estimate of drug-likeness (QED) is 0.239. The van der Waals surface area contributed by atoms with E-state index in [2.05, 4.69) is 0 Å². The molecule has 0 spiro atoms. The average molecular weight is 404 g/mol.